The number of hydrogen-bond donors (Lipinski definition) is 2. The van der Waals surface area contributed by atoms with Crippen molar-refractivity contribution in [3.63, 3.8) is 0 Å². The summed E-state index contributed by atoms with van der Waals surface area (Å²) in [5, 5.41) is 12.2. The Kier molecular flexibility index (Phi) is 5.13. The molecule has 0 fully saturated rings. The summed E-state index contributed by atoms with van der Waals surface area (Å²) in [6, 6.07) is 0. The zero-order valence-corrected chi connectivity index (χ0v) is 11.6. The summed E-state index contributed by atoms with van der Waals surface area (Å²) in [7, 11) is 1.52. The number of carbonyl (C=O) groups is 2. The van der Waals surface area contributed by atoms with Crippen LogP contribution in [0.1, 0.15) is 41.0 Å². The molecule has 100 valence electrons. The van der Waals surface area contributed by atoms with Gasteiger partial charge in [-0.2, -0.15) is 0 Å². The van der Waals surface area contributed by atoms with Gasteiger partial charge in [0.05, 0.1) is 0 Å². The SMILES string of the molecule is CN(C(=O)CCNC(C)(C)C)C(C)(C)C(=O)O. The topological polar surface area (TPSA) is 69.6 Å². The molecule has 0 aliphatic rings. The first-order chi connectivity index (χ1) is 7.48. The first kappa shape index (κ1) is 15.9. The molecule has 0 heterocycles. The van der Waals surface area contributed by atoms with Gasteiger partial charge in [0.15, 0.2) is 0 Å². The fraction of sp³-hybridized carbons (Fsp3) is 0.833. The number of amides is 1. The van der Waals surface area contributed by atoms with Crippen LogP contribution in [0.4, 0.5) is 0 Å². The van der Waals surface area contributed by atoms with E-state index in [4.69, 9.17) is 5.11 Å². The van der Waals surface area contributed by atoms with Crippen LogP contribution in [0.25, 0.3) is 0 Å². The number of aliphatic carboxylic acids is 1. The Morgan fingerprint density at radius 2 is 1.65 bits per heavy atom. The third-order valence-corrected chi connectivity index (χ3v) is 2.73. The minimum absolute atomic E-state index is 0.0405. The smallest absolute Gasteiger partial charge is 0.329 e. The van der Waals surface area contributed by atoms with Gasteiger partial charge in [0.1, 0.15) is 5.54 Å². The molecule has 0 saturated carbocycles. The number of rotatable bonds is 5. The van der Waals surface area contributed by atoms with E-state index >= 15 is 0 Å². The molecule has 0 aromatic heterocycles. The van der Waals surface area contributed by atoms with Crippen LogP contribution in [0, 0.1) is 0 Å². The Hall–Kier alpha value is -1.10. The van der Waals surface area contributed by atoms with Crippen LogP contribution in [-0.2, 0) is 9.59 Å². The number of nitrogens with one attached hydrogen (secondary N) is 1. The standard InChI is InChI=1S/C12H24N2O3/c1-11(2,3)13-8-7-9(15)14(6)12(4,5)10(16)17/h13H,7-8H2,1-6H3,(H,16,17). The van der Waals surface area contributed by atoms with Gasteiger partial charge in [0.2, 0.25) is 5.91 Å². The van der Waals surface area contributed by atoms with Crippen LogP contribution in [0.15, 0.2) is 0 Å². The van der Waals surface area contributed by atoms with Gasteiger partial charge >= 0.3 is 5.97 Å². The van der Waals surface area contributed by atoms with E-state index in [1.54, 1.807) is 0 Å². The number of carbonyl (C=O) groups excluding carboxylic acids is 1. The average molecular weight is 244 g/mol. The second kappa shape index (κ2) is 5.49. The van der Waals surface area contributed by atoms with Crippen LogP contribution in [0.3, 0.4) is 0 Å². The number of nitrogens with zero attached hydrogens (tertiary/aromatic N) is 1. The molecule has 0 saturated heterocycles. The largest absolute Gasteiger partial charge is 0.480 e. The Morgan fingerprint density at radius 1 is 1.18 bits per heavy atom. The maximum absolute atomic E-state index is 11.8. The summed E-state index contributed by atoms with van der Waals surface area (Å²) in [6.45, 7) is 9.63. The van der Waals surface area contributed by atoms with E-state index in [9.17, 15) is 9.59 Å². The van der Waals surface area contributed by atoms with Gasteiger partial charge < -0.3 is 15.3 Å². The van der Waals surface area contributed by atoms with Gasteiger partial charge in [0.25, 0.3) is 0 Å². The summed E-state index contributed by atoms with van der Waals surface area (Å²) in [6.07, 6.45) is 0.296. The van der Waals surface area contributed by atoms with Crippen molar-refractivity contribution in [2.75, 3.05) is 13.6 Å². The van der Waals surface area contributed by atoms with Gasteiger partial charge in [0, 0.05) is 25.6 Å². The van der Waals surface area contributed by atoms with Crippen LogP contribution in [0.5, 0.6) is 0 Å². The first-order valence-electron chi connectivity index (χ1n) is 5.73. The van der Waals surface area contributed by atoms with E-state index in [1.165, 1.54) is 25.8 Å². The lowest BCUT2D eigenvalue weighted by Crippen LogP contribution is -2.51. The molecule has 1 amide bonds. The molecule has 5 nitrogen and oxygen atoms in total. The molecule has 5 heteroatoms. The monoisotopic (exact) mass is 244 g/mol. The first-order valence-corrected chi connectivity index (χ1v) is 5.73. The van der Waals surface area contributed by atoms with Crippen LogP contribution in [0.2, 0.25) is 0 Å². The van der Waals surface area contributed by atoms with E-state index in [-0.39, 0.29) is 11.4 Å². The van der Waals surface area contributed by atoms with Crippen molar-refractivity contribution in [1.82, 2.24) is 10.2 Å². The highest BCUT2D eigenvalue weighted by Gasteiger charge is 2.34. The summed E-state index contributed by atoms with van der Waals surface area (Å²) < 4.78 is 0. The molecule has 0 spiro atoms. The Morgan fingerprint density at radius 3 is 2.00 bits per heavy atom. The van der Waals surface area contributed by atoms with E-state index in [1.807, 2.05) is 20.8 Å². The second-order valence-electron chi connectivity index (χ2n) is 5.74. The molecule has 0 unspecified atom stereocenters. The van der Waals surface area contributed by atoms with Crippen molar-refractivity contribution in [2.45, 2.75) is 52.1 Å². The van der Waals surface area contributed by atoms with Gasteiger partial charge in [-0.1, -0.05) is 0 Å². The van der Waals surface area contributed by atoms with Crippen molar-refractivity contribution in [1.29, 1.82) is 0 Å². The summed E-state index contributed by atoms with van der Waals surface area (Å²) in [4.78, 5) is 24.1. The Balaban J connectivity index is 4.30. The van der Waals surface area contributed by atoms with E-state index < -0.39 is 11.5 Å². The predicted octanol–water partition coefficient (Wildman–Crippen LogP) is 1.09. The van der Waals surface area contributed by atoms with Crippen LogP contribution >= 0.6 is 0 Å². The maximum Gasteiger partial charge on any atom is 0.329 e. The molecule has 17 heavy (non-hydrogen) atoms. The lowest BCUT2D eigenvalue weighted by molar-refractivity contribution is -0.155. The van der Waals surface area contributed by atoms with Crippen molar-refractivity contribution < 1.29 is 14.7 Å². The molecule has 2 N–H and O–H groups in total. The van der Waals surface area contributed by atoms with E-state index in [2.05, 4.69) is 5.32 Å². The summed E-state index contributed by atoms with van der Waals surface area (Å²) in [5.74, 6) is -1.17. The van der Waals surface area contributed by atoms with Gasteiger partial charge in [-0.15, -0.1) is 0 Å². The highest BCUT2D eigenvalue weighted by Crippen LogP contribution is 2.13. The van der Waals surface area contributed by atoms with Gasteiger partial charge in [-0.3, -0.25) is 4.79 Å². The Labute approximate surface area is 103 Å². The van der Waals surface area contributed by atoms with Crippen molar-refractivity contribution in [3.8, 4) is 0 Å². The van der Waals surface area contributed by atoms with E-state index in [0.717, 1.165) is 0 Å². The normalized spacial score (nSPS) is 12.4. The van der Waals surface area contributed by atoms with Crippen molar-refractivity contribution >= 4 is 11.9 Å². The molecule has 0 atom stereocenters. The molecule has 0 aromatic carbocycles. The summed E-state index contributed by atoms with van der Waals surface area (Å²) in [5.41, 5.74) is -1.21. The van der Waals surface area contributed by atoms with Crippen molar-refractivity contribution in [2.24, 2.45) is 0 Å². The minimum atomic E-state index is -1.17. The molecule has 0 radical (unpaired) electrons. The number of carboxylic acid groups (broad SMARTS) is 1. The number of carboxylic acids is 1. The zero-order chi connectivity index (χ0) is 13.9. The molecule has 0 aliphatic carbocycles. The van der Waals surface area contributed by atoms with E-state index in [0.29, 0.717) is 13.0 Å². The molecule has 0 aliphatic heterocycles. The quantitative estimate of drug-likeness (QED) is 0.759. The fourth-order valence-corrected chi connectivity index (χ4v) is 1.17. The second-order valence-corrected chi connectivity index (χ2v) is 5.74. The molecule has 0 aromatic rings. The minimum Gasteiger partial charge on any atom is -0.480 e. The molecule has 0 bridgehead atoms. The lowest BCUT2D eigenvalue weighted by Gasteiger charge is -2.32. The average Bonchev–Trinajstić information content (AvgIpc) is 2.13. The fourth-order valence-electron chi connectivity index (χ4n) is 1.17. The predicted molar refractivity (Wildman–Crippen MR) is 66.9 cm³/mol. The zero-order valence-electron chi connectivity index (χ0n) is 11.6. The lowest BCUT2D eigenvalue weighted by atomic mass is 10.0. The maximum atomic E-state index is 11.8. The van der Waals surface area contributed by atoms with Crippen LogP contribution in [-0.4, -0.2) is 46.6 Å². The summed E-state index contributed by atoms with van der Waals surface area (Å²) >= 11 is 0. The van der Waals surface area contributed by atoms with Crippen molar-refractivity contribution in [3.05, 3.63) is 0 Å². The third kappa shape index (κ3) is 5.17. The molecule has 0 rings (SSSR count). The van der Waals surface area contributed by atoms with Gasteiger partial charge in [-0.05, 0) is 34.6 Å². The highest BCUT2D eigenvalue weighted by atomic mass is 16.4. The number of likely N-dealkylation sites (N-methyl/N-ethyl adjacent to an activating group) is 1. The molecular formula is C12H24N2O3. The van der Waals surface area contributed by atoms with Gasteiger partial charge in [-0.25, -0.2) is 4.79 Å². The third-order valence-electron chi connectivity index (χ3n) is 2.73. The number of hydrogen-bond acceptors (Lipinski definition) is 3. The Bertz CT molecular complexity index is 293. The molecular weight excluding hydrogens is 220 g/mol. The highest BCUT2D eigenvalue weighted by molar-refractivity contribution is 5.86. The van der Waals surface area contributed by atoms with Crippen LogP contribution < -0.4 is 5.32 Å².